The first-order valence-corrected chi connectivity index (χ1v) is 16.0. The molecule has 1 aromatic carbocycles. The second kappa shape index (κ2) is 11.1. The zero-order valence-corrected chi connectivity index (χ0v) is 22.1. The van der Waals surface area contributed by atoms with Gasteiger partial charge in [0.1, 0.15) is 0 Å². The maximum atomic E-state index is 2.57. The Morgan fingerprint density at radius 3 is 1.94 bits per heavy atom. The monoisotopic (exact) mass is 455 g/mol. The molecule has 0 saturated heterocycles. The van der Waals surface area contributed by atoms with Crippen LogP contribution in [0.4, 0.5) is 0 Å². The van der Waals surface area contributed by atoms with Crippen molar-refractivity contribution in [1.82, 2.24) is 4.90 Å². The number of benzene rings is 1. The molecule has 0 heterocycles. The summed E-state index contributed by atoms with van der Waals surface area (Å²) >= 11 is 0. The summed E-state index contributed by atoms with van der Waals surface area (Å²) in [5, 5.41) is 5.20. The third kappa shape index (κ3) is 5.37. The van der Waals surface area contributed by atoms with Crippen LogP contribution in [0.1, 0.15) is 71.1 Å². The maximum Gasteiger partial charge on any atom is 0.0182 e. The minimum absolute atomic E-state index is 0.0436. The zero-order chi connectivity index (χ0) is 21.8. The van der Waals surface area contributed by atoms with Gasteiger partial charge < -0.3 is 4.90 Å². The fraction of sp³-hybridized carbons (Fsp3) is 0.643. The Bertz CT molecular complexity index is 753. The van der Waals surface area contributed by atoms with Gasteiger partial charge in [0.25, 0.3) is 0 Å². The van der Waals surface area contributed by atoms with Gasteiger partial charge in [-0.3, -0.25) is 0 Å². The first kappa shape index (κ1) is 23.7. The first-order valence-electron chi connectivity index (χ1n) is 12.7. The van der Waals surface area contributed by atoms with E-state index in [9.17, 15) is 0 Å². The Morgan fingerprint density at radius 1 is 0.839 bits per heavy atom. The van der Waals surface area contributed by atoms with E-state index >= 15 is 0 Å². The molecule has 4 rings (SSSR count). The van der Waals surface area contributed by atoms with Gasteiger partial charge >= 0.3 is 0 Å². The summed E-state index contributed by atoms with van der Waals surface area (Å²) in [6.07, 6.45) is 22.0. The molecule has 0 spiro atoms. The average Bonchev–Trinajstić information content (AvgIpc) is 3.30. The quantitative estimate of drug-likeness (QED) is 0.393. The van der Waals surface area contributed by atoms with Crippen molar-refractivity contribution in [2.75, 3.05) is 20.8 Å². The number of rotatable bonds is 7. The number of hydrogen-bond acceptors (Lipinski definition) is 1. The second-order valence-corrected chi connectivity index (χ2v) is 15.1. The molecule has 3 aliphatic rings. The third-order valence-electron chi connectivity index (χ3n) is 8.11. The molecule has 2 fully saturated rings. The molecule has 3 aliphatic carbocycles. The molecule has 0 bridgehead atoms. The van der Waals surface area contributed by atoms with Gasteiger partial charge in [0.2, 0.25) is 0 Å². The SMILES string of the molecule is C[C@@H](C1C=CC=C1[P@@](C)c1ccccc1P(C1CCCCC1)C1CCCCC1)N(C)C. The van der Waals surface area contributed by atoms with Crippen LogP contribution >= 0.6 is 15.8 Å². The summed E-state index contributed by atoms with van der Waals surface area (Å²) < 4.78 is 0. The highest BCUT2D eigenvalue weighted by Crippen LogP contribution is 2.57. The van der Waals surface area contributed by atoms with E-state index in [-0.39, 0.29) is 15.8 Å². The van der Waals surface area contributed by atoms with E-state index in [0.717, 1.165) is 11.3 Å². The molecule has 1 nitrogen and oxygen atoms in total. The number of hydrogen-bond donors (Lipinski definition) is 0. The minimum Gasteiger partial charge on any atom is -0.306 e. The largest absolute Gasteiger partial charge is 0.306 e. The van der Waals surface area contributed by atoms with E-state index in [1.54, 1.807) is 15.9 Å². The van der Waals surface area contributed by atoms with E-state index in [0.29, 0.717) is 12.0 Å². The highest BCUT2D eigenvalue weighted by molar-refractivity contribution is 7.74. The van der Waals surface area contributed by atoms with Gasteiger partial charge in [-0.2, -0.15) is 0 Å². The molecule has 0 radical (unpaired) electrons. The van der Waals surface area contributed by atoms with Gasteiger partial charge in [-0.25, -0.2) is 0 Å². The molecular formula is C28H43NP2. The standard InChI is InChI=1S/C28H43NP2/c1-22(29(2)3)25-18-13-21-26(25)30(4)27-19-11-12-20-28(27)31(23-14-7-5-8-15-23)24-16-9-6-10-17-24/h11-13,18-25H,5-10,14-17H2,1-4H3/t22-,25?,30+/m0/s1. The normalized spacial score (nSPS) is 25.2. The molecule has 170 valence electrons. The molecule has 0 aliphatic heterocycles. The molecule has 1 unspecified atom stereocenters. The summed E-state index contributed by atoms with van der Waals surface area (Å²) in [6.45, 7) is 4.94. The van der Waals surface area contributed by atoms with E-state index in [1.165, 1.54) is 64.2 Å². The molecule has 3 heteroatoms. The zero-order valence-electron chi connectivity index (χ0n) is 20.3. The lowest BCUT2D eigenvalue weighted by Crippen LogP contribution is -2.34. The van der Waals surface area contributed by atoms with E-state index in [1.807, 2.05) is 0 Å². The first-order chi connectivity index (χ1) is 15.1. The summed E-state index contributed by atoms with van der Waals surface area (Å²) in [7, 11) is 4.13. The lowest BCUT2D eigenvalue weighted by atomic mass is 9.99. The van der Waals surface area contributed by atoms with Crippen LogP contribution in [0.3, 0.4) is 0 Å². The van der Waals surface area contributed by atoms with Crippen molar-refractivity contribution in [3.8, 4) is 0 Å². The van der Waals surface area contributed by atoms with Crippen LogP contribution in [0, 0.1) is 5.92 Å². The van der Waals surface area contributed by atoms with E-state index in [2.05, 4.69) is 75.1 Å². The predicted molar refractivity (Wildman–Crippen MR) is 143 cm³/mol. The second-order valence-electron chi connectivity index (χ2n) is 10.2. The van der Waals surface area contributed by atoms with Crippen LogP contribution in [0.2, 0.25) is 0 Å². The lowest BCUT2D eigenvalue weighted by Gasteiger charge is -2.40. The van der Waals surface area contributed by atoms with Gasteiger partial charge in [-0.1, -0.05) is 96.9 Å². The van der Waals surface area contributed by atoms with Crippen molar-refractivity contribution in [3.05, 3.63) is 47.8 Å². The van der Waals surface area contributed by atoms with Crippen LogP contribution < -0.4 is 10.6 Å². The summed E-state index contributed by atoms with van der Waals surface area (Å²) in [4.78, 5) is 2.39. The van der Waals surface area contributed by atoms with E-state index < -0.39 is 0 Å². The van der Waals surface area contributed by atoms with Crippen molar-refractivity contribution in [2.24, 2.45) is 5.92 Å². The Kier molecular flexibility index (Phi) is 8.47. The van der Waals surface area contributed by atoms with Crippen LogP contribution in [-0.2, 0) is 0 Å². The van der Waals surface area contributed by atoms with Crippen molar-refractivity contribution in [2.45, 2.75) is 88.5 Å². The Balaban J connectivity index is 1.67. The van der Waals surface area contributed by atoms with Gasteiger partial charge in [-0.05, 0) is 80.6 Å². The Morgan fingerprint density at radius 2 is 1.39 bits per heavy atom. The summed E-state index contributed by atoms with van der Waals surface area (Å²) in [5.41, 5.74) is 1.95. The van der Waals surface area contributed by atoms with Gasteiger partial charge in [-0.15, -0.1) is 0 Å². The maximum absolute atomic E-state index is 2.57. The Labute approximate surface area is 194 Å². The van der Waals surface area contributed by atoms with Crippen molar-refractivity contribution in [1.29, 1.82) is 0 Å². The number of allylic oxidation sites excluding steroid dienone is 2. The van der Waals surface area contributed by atoms with Gasteiger partial charge in [0, 0.05) is 12.0 Å². The topological polar surface area (TPSA) is 3.24 Å². The molecule has 0 N–H and O–H groups in total. The molecule has 2 saturated carbocycles. The molecular weight excluding hydrogens is 412 g/mol. The molecule has 3 atom stereocenters. The van der Waals surface area contributed by atoms with Gasteiger partial charge in [0.15, 0.2) is 0 Å². The molecule has 1 aromatic rings. The van der Waals surface area contributed by atoms with Crippen LogP contribution in [0.15, 0.2) is 47.8 Å². The van der Waals surface area contributed by atoms with Crippen LogP contribution in [0.5, 0.6) is 0 Å². The highest BCUT2D eigenvalue weighted by atomic mass is 31.1. The van der Waals surface area contributed by atoms with Crippen molar-refractivity contribution in [3.63, 3.8) is 0 Å². The Hall–Kier alpha value is -0.480. The number of nitrogens with zero attached hydrogens (tertiary/aromatic N) is 1. The fourth-order valence-corrected chi connectivity index (χ4v) is 12.7. The van der Waals surface area contributed by atoms with Crippen molar-refractivity contribution >= 4 is 26.5 Å². The predicted octanol–water partition coefficient (Wildman–Crippen LogP) is 7.22. The van der Waals surface area contributed by atoms with E-state index in [4.69, 9.17) is 0 Å². The highest BCUT2D eigenvalue weighted by Gasteiger charge is 2.35. The smallest absolute Gasteiger partial charge is 0.0182 e. The summed E-state index contributed by atoms with van der Waals surface area (Å²) in [6, 6.07) is 10.3. The molecule has 31 heavy (non-hydrogen) atoms. The van der Waals surface area contributed by atoms with Crippen LogP contribution in [0.25, 0.3) is 0 Å². The summed E-state index contributed by atoms with van der Waals surface area (Å²) in [5.74, 6) is 0.565. The van der Waals surface area contributed by atoms with Crippen LogP contribution in [-0.4, -0.2) is 43.0 Å². The molecule has 0 amide bonds. The van der Waals surface area contributed by atoms with Gasteiger partial charge in [0.05, 0.1) is 0 Å². The average molecular weight is 456 g/mol. The molecule has 0 aromatic heterocycles. The fourth-order valence-electron chi connectivity index (χ4n) is 6.06. The minimum atomic E-state index is -0.280. The third-order valence-corrected chi connectivity index (χ3v) is 14.2. The van der Waals surface area contributed by atoms with Crippen molar-refractivity contribution < 1.29 is 0 Å². The lowest BCUT2D eigenvalue weighted by molar-refractivity contribution is 0.281.